The molecular weight excluding hydrogens is 733 g/mol. The van der Waals surface area contributed by atoms with Crippen LogP contribution in [0.15, 0.2) is 107 Å². The summed E-state index contributed by atoms with van der Waals surface area (Å²) in [6, 6.07) is 16.1. The number of hydrogen-bond donors (Lipinski definition) is 1. The zero-order valence-corrected chi connectivity index (χ0v) is 30.0. The van der Waals surface area contributed by atoms with Gasteiger partial charge in [-0.25, -0.2) is 35.0 Å². The first-order chi connectivity index (χ1) is 26.9. The van der Waals surface area contributed by atoms with E-state index in [1.165, 1.54) is 53.4 Å². The predicted molar refractivity (Wildman–Crippen MR) is 194 cm³/mol. The first kappa shape index (κ1) is 38.8. The third kappa shape index (κ3) is 9.22. The second-order valence-electron chi connectivity index (χ2n) is 12.3. The van der Waals surface area contributed by atoms with Crippen LogP contribution in [0.5, 0.6) is 0 Å². The van der Waals surface area contributed by atoms with E-state index >= 15 is 0 Å². The Morgan fingerprint density at radius 1 is 0.768 bits per heavy atom. The molecule has 4 heterocycles. The van der Waals surface area contributed by atoms with Gasteiger partial charge in [-0.05, 0) is 48.0 Å². The summed E-state index contributed by atoms with van der Waals surface area (Å²) in [4.78, 5) is 83.8. The normalized spacial score (nSPS) is 11.3. The maximum Gasteiger partial charge on any atom is 0.416 e. The summed E-state index contributed by atoms with van der Waals surface area (Å²) in [5.41, 5.74) is 0.430. The Bertz CT molecular complexity index is 2460. The monoisotopic (exact) mass is 766 g/mol. The minimum atomic E-state index is -4.61. The molecule has 0 aliphatic heterocycles. The standard InChI is InChI=1S/C38H33F3N10O5/c1-49-32(47-30(19-34(49)52)28-11-15-42-22-45-28)13-17-44-36(54)27-6-4-3-5-25(27)21-56-51(37(55)24-7-9-26(10-8-24)38(39,40)41)18-14-33-48-31(20-35(53)50(33)2)29-12-16-43-23-46-29/h3-12,15-16,19-20,22-23H,13-14,17-18,21H2,1-2H3,(H,44,54). The first-order valence-electron chi connectivity index (χ1n) is 17.0. The summed E-state index contributed by atoms with van der Waals surface area (Å²) in [5, 5.41) is 3.78. The van der Waals surface area contributed by atoms with Gasteiger partial charge in [-0.2, -0.15) is 13.2 Å². The maximum absolute atomic E-state index is 13.7. The third-order valence-electron chi connectivity index (χ3n) is 8.64. The van der Waals surface area contributed by atoms with Crippen molar-refractivity contribution in [1.82, 2.24) is 49.4 Å². The lowest BCUT2D eigenvalue weighted by molar-refractivity contribution is -0.137. The number of carbonyl (C=O) groups is 2. The van der Waals surface area contributed by atoms with Crippen molar-refractivity contribution in [3.63, 3.8) is 0 Å². The molecule has 286 valence electrons. The number of nitrogens with one attached hydrogen (secondary N) is 1. The molecule has 6 aromatic rings. The second kappa shape index (κ2) is 17.0. The van der Waals surface area contributed by atoms with E-state index in [2.05, 4.69) is 35.2 Å². The van der Waals surface area contributed by atoms with Gasteiger partial charge in [-0.1, -0.05) is 18.2 Å². The lowest BCUT2D eigenvalue weighted by atomic mass is 10.1. The van der Waals surface area contributed by atoms with E-state index in [1.54, 1.807) is 43.4 Å². The van der Waals surface area contributed by atoms with Crippen molar-refractivity contribution < 1.29 is 27.6 Å². The van der Waals surface area contributed by atoms with Gasteiger partial charge in [-0.15, -0.1) is 0 Å². The molecule has 0 fully saturated rings. The molecule has 15 nitrogen and oxygen atoms in total. The van der Waals surface area contributed by atoms with E-state index in [9.17, 15) is 32.3 Å². The van der Waals surface area contributed by atoms with E-state index in [-0.39, 0.29) is 66.3 Å². The molecule has 56 heavy (non-hydrogen) atoms. The predicted octanol–water partition coefficient (Wildman–Crippen LogP) is 3.60. The number of rotatable bonds is 13. The van der Waals surface area contributed by atoms with Crippen LogP contribution in [0.2, 0.25) is 0 Å². The Kier molecular flexibility index (Phi) is 11.8. The van der Waals surface area contributed by atoms with Gasteiger partial charge in [0.15, 0.2) is 0 Å². The number of nitrogens with zero attached hydrogens (tertiary/aromatic N) is 9. The van der Waals surface area contributed by atoms with Crippen LogP contribution in [0, 0.1) is 0 Å². The van der Waals surface area contributed by atoms with Crippen LogP contribution in [0.25, 0.3) is 22.8 Å². The molecule has 4 aromatic heterocycles. The Labute approximate surface area is 316 Å². The van der Waals surface area contributed by atoms with Crippen LogP contribution < -0.4 is 16.4 Å². The lowest BCUT2D eigenvalue weighted by Crippen LogP contribution is -2.35. The average Bonchev–Trinajstić information content (AvgIpc) is 3.21. The van der Waals surface area contributed by atoms with E-state index < -0.39 is 23.6 Å². The summed E-state index contributed by atoms with van der Waals surface area (Å²) in [7, 11) is 3.09. The number of benzene rings is 2. The minimum absolute atomic E-state index is 0.00582. The Morgan fingerprint density at radius 3 is 1.89 bits per heavy atom. The molecule has 0 radical (unpaired) electrons. The van der Waals surface area contributed by atoms with Crippen molar-refractivity contribution >= 4 is 11.8 Å². The minimum Gasteiger partial charge on any atom is -0.352 e. The number of hydrogen-bond acceptors (Lipinski definition) is 11. The topological polar surface area (TPSA) is 180 Å². The van der Waals surface area contributed by atoms with Crippen LogP contribution in [0.1, 0.15) is 43.5 Å². The molecule has 2 amide bonds. The fourth-order valence-corrected chi connectivity index (χ4v) is 5.54. The Hall–Kier alpha value is -6.95. The van der Waals surface area contributed by atoms with E-state index in [0.717, 1.165) is 29.3 Å². The van der Waals surface area contributed by atoms with Gasteiger partial charge in [0.2, 0.25) is 0 Å². The fourth-order valence-electron chi connectivity index (χ4n) is 5.54. The molecule has 0 spiro atoms. The van der Waals surface area contributed by atoms with Gasteiger partial charge in [-0.3, -0.25) is 33.1 Å². The lowest BCUT2D eigenvalue weighted by Gasteiger charge is -2.23. The molecule has 0 aliphatic rings. The number of carbonyl (C=O) groups excluding carboxylic acids is 2. The average molecular weight is 767 g/mol. The molecule has 0 aliphatic carbocycles. The summed E-state index contributed by atoms with van der Waals surface area (Å²) < 4.78 is 42.5. The van der Waals surface area contributed by atoms with E-state index in [4.69, 9.17) is 4.84 Å². The number of hydroxylamine groups is 2. The van der Waals surface area contributed by atoms with Crippen molar-refractivity contribution in [3.8, 4) is 22.8 Å². The third-order valence-corrected chi connectivity index (χ3v) is 8.64. The van der Waals surface area contributed by atoms with Gasteiger partial charge in [0.05, 0.1) is 34.9 Å². The highest BCUT2D eigenvalue weighted by molar-refractivity contribution is 5.95. The molecule has 6 rings (SSSR count). The SMILES string of the molecule is Cn1c(CCNC(=O)c2ccccc2CON(CCc2nc(-c3ccncn3)cc(=O)n2C)C(=O)c2ccc(C(F)(F)F)cc2)nc(-c2ccncn2)cc1=O. The molecule has 0 saturated heterocycles. The fraction of sp³-hybridized carbons (Fsp3) is 0.211. The van der Waals surface area contributed by atoms with Crippen molar-refractivity contribution in [1.29, 1.82) is 0 Å². The number of alkyl halides is 3. The Morgan fingerprint density at radius 2 is 1.34 bits per heavy atom. The first-order valence-corrected chi connectivity index (χ1v) is 17.0. The molecule has 0 atom stereocenters. The van der Waals surface area contributed by atoms with Crippen LogP contribution in [-0.4, -0.2) is 69.0 Å². The largest absolute Gasteiger partial charge is 0.416 e. The highest BCUT2D eigenvalue weighted by Gasteiger charge is 2.31. The molecule has 0 saturated carbocycles. The number of aromatic nitrogens is 8. The zero-order chi connectivity index (χ0) is 39.8. The molecule has 18 heteroatoms. The summed E-state index contributed by atoms with van der Waals surface area (Å²) >= 11 is 0. The van der Waals surface area contributed by atoms with Gasteiger partial charge in [0, 0.05) is 69.1 Å². The maximum atomic E-state index is 13.7. The quantitative estimate of drug-likeness (QED) is 0.170. The Balaban J connectivity index is 1.19. The van der Waals surface area contributed by atoms with Crippen molar-refractivity contribution in [2.75, 3.05) is 13.1 Å². The van der Waals surface area contributed by atoms with Gasteiger partial charge in [0.25, 0.3) is 22.9 Å². The highest BCUT2D eigenvalue weighted by Crippen LogP contribution is 2.29. The molecule has 0 unspecified atom stereocenters. The van der Waals surface area contributed by atoms with Crippen LogP contribution in [0.3, 0.4) is 0 Å². The summed E-state index contributed by atoms with van der Waals surface area (Å²) in [6.45, 7) is -0.359. The van der Waals surface area contributed by atoms with Crippen molar-refractivity contribution in [2.24, 2.45) is 14.1 Å². The summed E-state index contributed by atoms with van der Waals surface area (Å²) in [5.74, 6) is -0.549. The zero-order valence-electron chi connectivity index (χ0n) is 30.0. The highest BCUT2D eigenvalue weighted by atomic mass is 19.4. The number of halogens is 3. The van der Waals surface area contributed by atoms with Gasteiger partial charge in [0.1, 0.15) is 30.9 Å². The second-order valence-corrected chi connectivity index (χ2v) is 12.3. The smallest absolute Gasteiger partial charge is 0.352 e. The van der Waals surface area contributed by atoms with E-state index in [1.807, 2.05) is 0 Å². The molecule has 1 N–H and O–H groups in total. The molecular formula is C38H33F3N10O5. The van der Waals surface area contributed by atoms with Crippen molar-refractivity contribution in [2.45, 2.75) is 25.6 Å². The molecule has 0 bridgehead atoms. The van der Waals surface area contributed by atoms with Gasteiger partial charge < -0.3 is 5.32 Å². The molecule has 2 aromatic carbocycles. The summed E-state index contributed by atoms with van der Waals surface area (Å²) in [6.07, 6.45) is 1.29. The van der Waals surface area contributed by atoms with Gasteiger partial charge >= 0.3 is 6.18 Å². The number of amides is 2. The van der Waals surface area contributed by atoms with Crippen LogP contribution >= 0.6 is 0 Å². The van der Waals surface area contributed by atoms with Crippen LogP contribution in [-0.2, 0) is 44.6 Å². The van der Waals surface area contributed by atoms with E-state index in [0.29, 0.717) is 28.5 Å². The van der Waals surface area contributed by atoms with Crippen molar-refractivity contribution in [3.05, 3.63) is 152 Å². The van der Waals surface area contributed by atoms with Crippen LogP contribution in [0.4, 0.5) is 13.2 Å².